The van der Waals surface area contributed by atoms with E-state index in [0.717, 1.165) is 18.7 Å². The summed E-state index contributed by atoms with van der Waals surface area (Å²) in [5, 5.41) is 4.41. The van der Waals surface area contributed by atoms with Crippen LogP contribution >= 0.6 is 0 Å². The molecule has 25 heavy (non-hydrogen) atoms. The zero-order valence-electron chi connectivity index (χ0n) is 14.7. The maximum absolute atomic E-state index is 12.7. The van der Waals surface area contributed by atoms with Crippen LogP contribution in [0.25, 0.3) is 0 Å². The molecule has 1 aliphatic rings. The lowest BCUT2D eigenvalue weighted by Crippen LogP contribution is -2.40. The largest absolute Gasteiger partial charge is 0.345 e. The molecule has 0 radical (unpaired) electrons. The predicted octanol–water partition coefficient (Wildman–Crippen LogP) is 0.871. The van der Waals surface area contributed by atoms with Crippen LogP contribution in [-0.2, 0) is 7.05 Å². The number of hydrogen-bond acceptors (Lipinski definition) is 4. The Balaban J connectivity index is 1.86. The zero-order valence-corrected chi connectivity index (χ0v) is 14.7. The molecule has 3 heterocycles. The number of carbonyl (C=O) groups is 1. The molecule has 0 bridgehead atoms. The summed E-state index contributed by atoms with van der Waals surface area (Å²) in [4.78, 5) is 40.5. The van der Waals surface area contributed by atoms with Gasteiger partial charge in [0.25, 0.3) is 5.91 Å². The number of hydrogen-bond donors (Lipinski definition) is 1. The number of likely N-dealkylation sites (tertiary alicyclic amines) is 1. The van der Waals surface area contributed by atoms with Gasteiger partial charge in [0.1, 0.15) is 5.82 Å². The Hall–Kier alpha value is -2.64. The third kappa shape index (κ3) is 3.29. The number of nitrogens with zero attached hydrogens (tertiary/aromatic N) is 4. The van der Waals surface area contributed by atoms with Gasteiger partial charge in [-0.3, -0.25) is 14.2 Å². The van der Waals surface area contributed by atoms with Crippen molar-refractivity contribution in [2.45, 2.75) is 38.6 Å². The van der Waals surface area contributed by atoms with Crippen molar-refractivity contribution < 1.29 is 4.79 Å². The second-order valence-electron chi connectivity index (χ2n) is 6.76. The molecular weight excluding hydrogens is 322 g/mol. The minimum Gasteiger partial charge on any atom is -0.338 e. The van der Waals surface area contributed by atoms with Gasteiger partial charge in [-0.15, -0.1) is 0 Å². The topological polar surface area (TPSA) is 93.0 Å². The smallest absolute Gasteiger partial charge is 0.338 e. The highest BCUT2D eigenvalue weighted by atomic mass is 16.2. The number of amides is 1. The fourth-order valence-electron chi connectivity index (χ4n) is 3.36. The first-order valence-corrected chi connectivity index (χ1v) is 8.52. The van der Waals surface area contributed by atoms with E-state index in [1.54, 1.807) is 16.5 Å². The second kappa shape index (κ2) is 6.70. The molecule has 1 atom stereocenters. The molecule has 0 saturated carbocycles. The molecule has 1 saturated heterocycles. The van der Waals surface area contributed by atoms with Crippen LogP contribution in [0, 0.1) is 0 Å². The number of aromatic amines is 1. The molecule has 1 N–H and O–H groups in total. The van der Waals surface area contributed by atoms with E-state index in [1.807, 2.05) is 13.8 Å². The average molecular weight is 345 g/mol. The molecule has 8 heteroatoms. The highest BCUT2D eigenvalue weighted by Crippen LogP contribution is 2.27. The number of aryl methyl sites for hydroxylation is 1. The van der Waals surface area contributed by atoms with Crippen LogP contribution < -0.4 is 11.2 Å². The zero-order chi connectivity index (χ0) is 18.1. The summed E-state index contributed by atoms with van der Waals surface area (Å²) in [5.74, 6) is 0.647. The SMILES string of the molecule is CC(C)n1c(C2CCCN(C(=O)c3ccc(=O)[nH]c3)C2)nn(C)c1=O. The molecule has 0 aromatic carbocycles. The van der Waals surface area contributed by atoms with Crippen molar-refractivity contribution in [1.29, 1.82) is 0 Å². The number of rotatable bonds is 3. The van der Waals surface area contributed by atoms with Gasteiger partial charge in [0.2, 0.25) is 5.56 Å². The van der Waals surface area contributed by atoms with Crippen molar-refractivity contribution in [2.24, 2.45) is 7.05 Å². The van der Waals surface area contributed by atoms with Crippen molar-refractivity contribution in [3.05, 3.63) is 50.6 Å². The maximum Gasteiger partial charge on any atom is 0.345 e. The van der Waals surface area contributed by atoms with E-state index in [-0.39, 0.29) is 29.1 Å². The number of aromatic nitrogens is 4. The lowest BCUT2D eigenvalue weighted by Gasteiger charge is -2.32. The number of piperidine rings is 1. The number of pyridine rings is 1. The molecule has 3 rings (SSSR count). The Labute approximate surface area is 145 Å². The fourth-order valence-corrected chi connectivity index (χ4v) is 3.36. The third-order valence-corrected chi connectivity index (χ3v) is 4.60. The maximum atomic E-state index is 12.7. The van der Waals surface area contributed by atoms with E-state index in [2.05, 4.69) is 10.1 Å². The van der Waals surface area contributed by atoms with Crippen LogP contribution in [0.3, 0.4) is 0 Å². The highest BCUT2D eigenvalue weighted by Gasteiger charge is 2.30. The summed E-state index contributed by atoms with van der Waals surface area (Å²) in [6.07, 6.45) is 3.18. The molecule has 1 aliphatic heterocycles. The van der Waals surface area contributed by atoms with Gasteiger partial charge in [0.15, 0.2) is 0 Å². The van der Waals surface area contributed by atoms with Crippen LogP contribution in [0.15, 0.2) is 27.9 Å². The summed E-state index contributed by atoms with van der Waals surface area (Å²) in [5.41, 5.74) is 0.0964. The van der Waals surface area contributed by atoms with Crippen molar-refractivity contribution in [3.63, 3.8) is 0 Å². The minimum absolute atomic E-state index is 0.0153. The Morgan fingerprint density at radius 1 is 1.32 bits per heavy atom. The molecule has 2 aromatic heterocycles. The summed E-state index contributed by atoms with van der Waals surface area (Å²) >= 11 is 0. The average Bonchev–Trinajstić information content (AvgIpc) is 2.90. The Morgan fingerprint density at radius 2 is 2.08 bits per heavy atom. The van der Waals surface area contributed by atoms with Crippen LogP contribution in [0.2, 0.25) is 0 Å². The van der Waals surface area contributed by atoms with Gasteiger partial charge < -0.3 is 9.88 Å². The summed E-state index contributed by atoms with van der Waals surface area (Å²) in [6.45, 7) is 5.09. The predicted molar refractivity (Wildman–Crippen MR) is 92.8 cm³/mol. The first kappa shape index (κ1) is 17.2. The van der Waals surface area contributed by atoms with Gasteiger partial charge >= 0.3 is 5.69 Å². The first-order valence-electron chi connectivity index (χ1n) is 8.52. The molecular formula is C17H23N5O3. The second-order valence-corrected chi connectivity index (χ2v) is 6.76. The first-order chi connectivity index (χ1) is 11.9. The van der Waals surface area contributed by atoms with Gasteiger partial charge in [0, 0.05) is 44.4 Å². The third-order valence-electron chi connectivity index (χ3n) is 4.60. The van der Waals surface area contributed by atoms with E-state index in [4.69, 9.17) is 0 Å². The standard InChI is InChI=1S/C17H23N5O3/c1-11(2)22-15(19-20(3)17(22)25)13-5-4-8-21(10-13)16(24)12-6-7-14(23)18-9-12/h6-7,9,11,13H,4-5,8,10H2,1-3H3,(H,18,23). The minimum atomic E-state index is -0.234. The van der Waals surface area contributed by atoms with Gasteiger partial charge in [-0.25, -0.2) is 9.48 Å². The van der Waals surface area contributed by atoms with Gasteiger partial charge in [0.05, 0.1) is 5.56 Å². The molecule has 2 aromatic rings. The number of carbonyl (C=O) groups excluding carboxylic acids is 1. The molecule has 0 spiro atoms. The van der Waals surface area contributed by atoms with Crippen LogP contribution in [-0.4, -0.2) is 43.2 Å². The van der Waals surface area contributed by atoms with Gasteiger partial charge in [-0.2, -0.15) is 5.10 Å². The van der Waals surface area contributed by atoms with Gasteiger partial charge in [-0.1, -0.05) is 0 Å². The monoisotopic (exact) mass is 345 g/mol. The number of nitrogens with one attached hydrogen (secondary N) is 1. The fraction of sp³-hybridized carbons (Fsp3) is 0.529. The summed E-state index contributed by atoms with van der Waals surface area (Å²) < 4.78 is 3.07. The van der Waals surface area contributed by atoms with Crippen molar-refractivity contribution in [2.75, 3.05) is 13.1 Å². The Morgan fingerprint density at radius 3 is 2.72 bits per heavy atom. The van der Waals surface area contributed by atoms with Crippen molar-refractivity contribution in [1.82, 2.24) is 24.2 Å². The van der Waals surface area contributed by atoms with E-state index < -0.39 is 0 Å². The lowest BCUT2D eigenvalue weighted by molar-refractivity contribution is 0.0702. The molecule has 1 amide bonds. The quantitative estimate of drug-likeness (QED) is 0.893. The summed E-state index contributed by atoms with van der Waals surface area (Å²) in [7, 11) is 1.65. The molecule has 8 nitrogen and oxygen atoms in total. The molecule has 0 aliphatic carbocycles. The van der Waals surface area contributed by atoms with E-state index in [0.29, 0.717) is 18.7 Å². The van der Waals surface area contributed by atoms with E-state index in [9.17, 15) is 14.4 Å². The van der Waals surface area contributed by atoms with Crippen LogP contribution in [0.1, 0.15) is 54.8 Å². The lowest BCUT2D eigenvalue weighted by atomic mass is 9.96. The van der Waals surface area contributed by atoms with Gasteiger partial charge in [-0.05, 0) is 32.8 Å². The van der Waals surface area contributed by atoms with E-state index in [1.165, 1.54) is 23.0 Å². The highest BCUT2D eigenvalue weighted by molar-refractivity contribution is 5.93. The van der Waals surface area contributed by atoms with Crippen LogP contribution in [0.5, 0.6) is 0 Å². The molecule has 1 fully saturated rings. The van der Waals surface area contributed by atoms with Crippen molar-refractivity contribution >= 4 is 5.91 Å². The normalized spacial score (nSPS) is 17.9. The van der Waals surface area contributed by atoms with Crippen molar-refractivity contribution in [3.8, 4) is 0 Å². The van der Waals surface area contributed by atoms with E-state index >= 15 is 0 Å². The Kier molecular flexibility index (Phi) is 4.61. The number of H-pyrrole nitrogens is 1. The summed E-state index contributed by atoms with van der Waals surface area (Å²) in [6, 6.07) is 2.90. The van der Waals surface area contributed by atoms with Crippen LogP contribution in [0.4, 0.5) is 0 Å². The molecule has 1 unspecified atom stereocenters. The Bertz CT molecular complexity index is 872. The molecule has 134 valence electrons.